The van der Waals surface area contributed by atoms with Gasteiger partial charge in [0.1, 0.15) is 11.5 Å². The van der Waals surface area contributed by atoms with Crippen LogP contribution in [0, 0.1) is 0 Å². The Morgan fingerprint density at radius 1 is 0.875 bits per heavy atom. The van der Waals surface area contributed by atoms with Crippen LogP contribution in [0.25, 0.3) is 0 Å². The molecule has 1 aliphatic heterocycles. The molecule has 0 spiro atoms. The minimum absolute atomic E-state index is 0.759. The Kier molecular flexibility index (Phi) is 3.17. The molecule has 2 nitrogen and oxygen atoms in total. The van der Waals surface area contributed by atoms with E-state index in [9.17, 15) is 0 Å². The SMILES string of the molecule is C=C1C=CC=C(OC2=CC=[N+]=CC=C2)C=C1. The van der Waals surface area contributed by atoms with E-state index in [0.717, 1.165) is 17.1 Å². The van der Waals surface area contributed by atoms with Gasteiger partial charge in [0.05, 0.1) is 6.08 Å². The summed E-state index contributed by atoms with van der Waals surface area (Å²) in [4.78, 5) is 0. The molecule has 1 aliphatic carbocycles. The Morgan fingerprint density at radius 3 is 2.69 bits per heavy atom. The van der Waals surface area contributed by atoms with Gasteiger partial charge in [0.25, 0.3) is 12.4 Å². The standard InChI is InChI=1S/C14H12NO/c1-12-4-2-5-13(8-7-12)16-14-6-3-10-15-11-9-14/h2-11H,1H2/q+1. The van der Waals surface area contributed by atoms with Gasteiger partial charge in [0.2, 0.25) is 0 Å². The van der Waals surface area contributed by atoms with Gasteiger partial charge in [-0.1, -0.05) is 24.8 Å². The summed E-state index contributed by atoms with van der Waals surface area (Å²) in [5, 5.41) is 0. The van der Waals surface area contributed by atoms with Crippen molar-refractivity contribution in [2.24, 2.45) is 0 Å². The van der Waals surface area contributed by atoms with E-state index in [1.807, 2.05) is 48.6 Å². The number of hydrogen-bond donors (Lipinski definition) is 0. The van der Waals surface area contributed by atoms with Crippen molar-refractivity contribution in [3.05, 3.63) is 72.3 Å². The van der Waals surface area contributed by atoms with E-state index in [4.69, 9.17) is 4.74 Å². The zero-order chi connectivity index (χ0) is 11.2. The van der Waals surface area contributed by atoms with Crippen LogP contribution in [-0.4, -0.2) is 12.4 Å². The van der Waals surface area contributed by atoms with Crippen LogP contribution in [0.3, 0.4) is 0 Å². The maximum absolute atomic E-state index is 5.69. The maximum atomic E-state index is 5.69. The monoisotopic (exact) mass is 210 g/mol. The first-order chi connectivity index (χ1) is 7.84. The first-order valence-electron chi connectivity index (χ1n) is 5.01. The fraction of sp³-hybridized carbons (Fsp3) is 0. The first kappa shape index (κ1) is 10.2. The third-order valence-electron chi connectivity index (χ3n) is 2.03. The summed E-state index contributed by atoms with van der Waals surface area (Å²) in [7, 11) is 0. The highest BCUT2D eigenvalue weighted by Crippen LogP contribution is 2.13. The Bertz CT molecular complexity index is 507. The minimum atomic E-state index is 0.759. The molecule has 2 heteroatoms. The molecule has 1 heterocycles. The molecule has 0 fully saturated rings. The molecule has 0 saturated heterocycles. The third-order valence-corrected chi connectivity index (χ3v) is 2.03. The van der Waals surface area contributed by atoms with Crippen molar-refractivity contribution in [3.8, 4) is 0 Å². The zero-order valence-corrected chi connectivity index (χ0v) is 8.84. The lowest BCUT2D eigenvalue weighted by Crippen LogP contribution is -1.88. The average molecular weight is 210 g/mol. The molecule has 0 aromatic heterocycles. The second-order valence-corrected chi connectivity index (χ2v) is 3.31. The second-order valence-electron chi connectivity index (χ2n) is 3.31. The van der Waals surface area contributed by atoms with Crippen LogP contribution in [0.15, 0.2) is 72.3 Å². The van der Waals surface area contributed by atoms with Crippen LogP contribution in [0.2, 0.25) is 0 Å². The van der Waals surface area contributed by atoms with Gasteiger partial charge in [0, 0.05) is 6.08 Å². The molecule has 0 bridgehead atoms. The summed E-state index contributed by atoms with van der Waals surface area (Å²) in [5.41, 5.74) is 0.954. The Balaban J connectivity index is 2.11. The molecule has 0 radical (unpaired) electrons. The molecule has 78 valence electrons. The van der Waals surface area contributed by atoms with Crippen LogP contribution >= 0.6 is 0 Å². The van der Waals surface area contributed by atoms with Crippen molar-refractivity contribution in [1.29, 1.82) is 0 Å². The van der Waals surface area contributed by atoms with Crippen LogP contribution in [0.5, 0.6) is 0 Å². The highest BCUT2D eigenvalue weighted by Gasteiger charge is 2.01. The first-order valence-corrected chi connectivity index (χ1v) is 5.01. The topological polar surface area (TPSA) is 23.3 Å². The van der Waals surface area contributed by atoms with Gasteiger partial charge in [-0.15, -0.1) is 4.67 Å². The zero-order valence-electron chi connectivity index (χ0n) is 8.84. The molecule has 0 saturated carbocycles. The van der Waals surface area contributed by atoms with Crippen LogP contribution < -0.4 is 4.67 Å². The van der Waals surface area contributed by atoms with Gasteiger partial charge in [-0.05, 0) is 23.8 Å². The second kappa shape index (κ2) is 4.96. The van der Waals surface area contributed by atoms with Gasteiger partial charge in [-0.2, -0.15) is 0 Å². The third kappa shape index (κ3) is 2.84. The van der Waals surface area contributed by atoms with E-state index in [1.165, 1.54) is 0 Å². The summed E-state index contributed by atoms with van der Waals surface area (Å²) >= 11 is 0. The largest absolute Gasteiger partial charge is 0.457 e. The smallest absolute Gasteiger partial charge is 0.296 e. The van der Waals surface area contributed by atoms with E-state index < -0.39 is 0 Å². The quantitative estimate of drug-likeness (QED) is 0.641. The van der Waals surface area contributed by atoms with Crippen molar-refractivity contribution in [2.45, 2.75) is 0 Å². The molecule has 0 unspecified atom stereocenters. The van der Waals surface area contributed by atoms with Gasteiger partial charge in [-0.25, -0.2) is 0 Å². The Morgan fingerprint density at radius 2 is 1.75 bits per heavy atom. The predicted octanol–water partition coefficient (Wildman–Crippen LogP) is 2.23. The van der Waals surface area contributed by atoms with Crippen molar-refractivity contribution in [1.82, 2.24) is 4.67 Å². The van der Waals surface area contributed by atoms with E-state index in [1.54, 1.807) is 12.4 Å². The molecule has 2 aliphatic rings. The van der Waals surface area contributed by atoms with Crippen LogP contribution in [0.1, 0.15) is 0 Å². The van der Waals surface area contributed by atoms with Crippen molar-refractivity contribution < 1.29 is 4.74 Å². The summed E-state index contributed by atoms with van der Waals surface area (Å²) in [6.07, 6.45) is 18.5. The fourth-order valence-electron chi connectivity index (χ4n) is 1.25. The molecule has 0 amide bonds. The molecule has 0 aromatic carbocycles. The van der Waals surface area contributed by atoms with Gasteiger partial charge >= 0.3 is 0 Å². The molecule has 0 aromatic rings. The molecule has 0 N–H and O–H groups in total. The number of hydrogen-bond acceptors (Lipinski definition) is 1. The van der Waals surface area contributed by atoms with Crippen LogP contribution in [0.4, 0.5) is 0 Å². The number of allylic oxidation sites excluding steroid dienone is 9. The van der Waals surface area contributed by atoms with E-state index in [0.29, 0.717) is 0 Å². The lowest BCUT2D eigenvalue weighted by atomic mass is 10.3. The molecule has 2 rings (SSSR count). The van der Waals surface area contributed by atoms with E-state index >= 15 is 0 Å². The number of rotatable bonds is 2. The number of ether oxygens (including phenoxy) is 1. The van der Waals surface area contributed by atoms with Crippen molar-refractivity contribution in [3.63, 3.8) is 0 Å². The normalized spacial score (nSPS) is 17.9. The number of nitrogens with zero attached hydrogens (tertiary/aromatic N) is 1. The molecular formula is C14H12NO+. The minimum Gasteiger partial charge on any atom is -0.457 e. The summed E-state index contributed by atoms with van der Waals surface area (Å²) < 4.78 is 9.67. The summed E-state index contributed by atoms with van der Waals surface area (Å²) in [5.74, 6) is 1.54. The summed E-state index contributed by atoms with van der Waals surface area (Å²) in [6.45, 7) is 3.85. The fourth-order valence-corrected chi connectivity index (χ4v) is 1.25. The average Bonchev–Trinajstić information content (AvgIpc) is 2.63. The maximum Gasteiger partial charge on any atom is 0.296 e. The predicted molar refractivity (Wildman–Crippen MR) is 68.1 cm³/mol. The highest BCUT2D eigenvalue weighted by molar-refractivity contribution is 5.82. The van der Waals surface area contributed by atoms with Gasteiger partial charge in [-0.3, -0.25) is 0 Å². The highest BCUT2D eigenvalue weighted by atomic mass is 16.5. The van der Waals surface area contributed by atoms with Gasteiger partial charge in [0.15, 0.2) is 0 Å². The lowest BCUT2D eigenvalue weighted by molar-refractivity contribution is 0.337. The van der Waals surface area contributed by atoms with E-state index in [-0.39, 0.29) is 0 Å². The summed E-state index contributed by atoms with van der Waals surface area (Å²) in [6, 6.07) is 0. The van der Waals surface area contributed by atoms with Crippen molar-refractivity contribution >= 4 is 12.4 Å². The Hall–Kier alpha value is -2.31. The van der Waals surface area contributed by atoms with Crippen LogP contribution in [-0.2, 0) is 4.74 Å². The molecule has 16 heavy (non-hydrogen) atoms. The Labute approximate surface area is 94.7 Å². The lowest BCUT2D eigenvalue weighted by Gasteiger charge is -2.04. The van der Waals surface area contributed by atoms with Gasteiger partial charge < -0.3 is 4.74 Å². The molecule has 0 atom stereocenters. The molecular weight excluding hydrogens is 198 g/mol. The van der Waals surface area contributed by atoms with E-state index in [2.05, 4.69) is 11.2 Å². The van der Waals surface area contributed by atoms with Crippen molar-refractivity contribution in [2.75, 3.05) is 0 Å².